The lowest BCUT2D eigenvalue weighted by Gasteiger charge is -2.15. The van der Waals surface area contributed by atoms with Crippen molar-refractivity contribution >= 4 is 17.5 Å². The summed E-state index contributed by atoms with van der Waals surface area (Å²) in [6.07, 6.45) is 4.70. The smallest absolute Gasteiger partial charge is 0.269 e. The van der Waals surface area contributed by atoms with Crippen LogP contribution in [0.5, 0.6) is 0 Å². The molecule has 8 heteroatoms. The lowest BCUT2D eigenvalue weighted by atomic mass is 9.98. The molecule has 182 valence electrons. The molecule has 0 aliphatic heterocycles. The Labute approximate surface area is 208 Å². The number of nitrogens with zero attached hydrogens (tertiary/aromatic N) is 3. The molecule has 0 radical (unpaired) electrons. The number of carbonyl (C=O) groups excluding carboxylic acids is 2. The first kappa shape index (κ1) is 24.7. The molecule has 3 heterocycles. The van der Waals surface area contributed by atoms with E-state index in [-0.39, 0.29) is 17.5 Å². The number of nitrogens with one attached hydrogen (secondary N) is 2. The monoisotopic (exact) mass is 483 g/mol. The van der Waals surface area contributed by atoms with Crippen LogP contribution in [0.1, 0.15) is 46.0 Å². The third-order valence-electron chi connectivity index (χ3n) is 5.71. The lowest BCUT2D eigenvalue weighted by Crippen LogP contribution is -2.19. The maximum absolute atomic E-state index is 14.3. The number of hydrogen-bond acceptors (Lipinski definition) is 5. The quantitative estimate of drug-likeness (QED) is 0.386. The molecule has 0 saturated heterocycles. The summed E-state index contributed by atoms with van der Waals surface area (Å²) in [7, 11) is 1.56. The summed E-state index contributed by atoms with van der Waals surface area (Å²) in [4.78, 5) is 37.4. The Morgan fingerprint density at radius 1 is 0.833 bits per heavy atom. The van der Waals surface area contributed by atoms with Gasteiger partial charge < -0.3 is 10.6 Å². The molecule has 4 aromatic rings. The van der Waals surface area contributed by atoms with E-state index in [4.69, 9.17) is 0 Å². The first-order chi connectivity index (χ1) is 17.2. The van der Waals surface area contributed by atoms with E-state index in [0.717, 1.165) is 22.3 Å². The predicted octanol–water partition coefficient (Wildman–Crippen LogP) is 5.33. The number of aryl methyl sites for hydroxylation is 1. The van der Waals surface area contributed by atoms with Crippen molar-refractivity contribution in [1.29, 1.82) is 0 Å². The van der Waals surface area contributed by atoms with Crippen LogP contribution in [-0.4, -0.2) is 33.8 Å². The number of hydrogen-bond donors (Lipinski definition) is 2. The van der Waals surface area contributed by atoms with Crippen molar-refractivity contribution in [2.45, 2.75) is 26.4 Å². The van der Waals surface area contributed by atoms with Crippen LogP contribution in [-0.2, 0) is 5.67 Å². The highest BCUT2D eigenvalue weighted by Gasteiger charge is 2.22. The Bertz CT molecular complexity index is 1450. The minimum Gasteiger partial charge on any atom is -0.354 e. The molecule has 0 aliphatic carbocycles. The van der Waals surface area contributed by atoms with Crippen LogP contribution in [0.2, 0.25) is 0 Å². The molecular weight excluding hydrogens is 457 g/mol. The summed E-state index contributed by atoms with van der Waals surface area (Å²) in [6.45, 7) is 4.78. The van der Waals surface area contributed by atoms with Crippen LogP contribution in [0.4, 0.5) is 10.1 Å². The molecule has 0 saturated carbocycles. The van der Waals surface area contributed by atoms with Crippen molar-refractivity contribution in [3.63, 3.8) is 0 Å². The minimum absolute atomic E-state index is 0.194. The van der Waals surface area contributed by atoms with Crippen molar-refractivity contribution in [2.75, 3.05) is 12.4 Å². The maximum Gasteiger partial charge on any atom is 0.269 e. The zero-order valence-electron chi connectivity index (χ0n) is 20.5. The number of pyridine rings is 3. The van der Waals surface area contributed by atoms with Gasteiger partial charge in [0.05, 0.1) is 11.4 Å². The van der Waals surface area contributed by atoms with Gasteiger partial charge >= 0.3 is 0 Å². The van der Waals surface area contributed by atoms with Crippen LogP contribution in [0.25, 0.3) is 22.4 Å². The largest absolute Gasteiger partial charge is 0.354 e. The highest BCUT2D eigenvalue weighted by Crippen LogP contribution is 2.30. The molecule has 0 aliphatic rings. The summed E-state index contributed by atoms with van der Waals surface area (Å²) in [5.74, 6) is -0.629. The number of carbonyl (C=O) groups is 2. The molecular formula is C28H26FN5O2. The van der Waals surface area contributed by atoms with E-state index in [1.54, 1.807) is 37.6 Å². The lowest BCUT2D eigenvalue weighted by molar-refractivity contribution is 0.0957. The molecule has 0 fully saturated rings. The SMILES string of the molecule is CNC(=O)c1cc(-c2cc(-c3cc(NC(=O)c4ccnc(C(C)(C)F)c4)ccc3C)ccn2)ccn1. The second kappa shape index (κ2) is 10.0. The van der Waals surface area contributed by atoms with Gasteiger partial charge in [-0.3, -0.25) is 24.5 Å². The van der Waals surface area contributed by atoms with E-state index in [2.05, 4.69) is 25.6 Å². The topological polar surface area (TPSA) is 96.9 Å². The van der Waals surface area contributed by atoms with Crippen molar-refractivity contribution in [3.05, 3.63) is 95.7 Å². The van der Waals surface area contributed by atoms with Gasteiger partial charge in [-0.05, 0) is 86.0 Å². The molecule has 4 rings (SSSR count). The molecule has 2 N–H and O–H groups in total. The van der Waals surface area contributed by atoms with Gasteiger partial charge in [-0.25, -0.2) is 4.39 Å². The highest BCUT2D eigenvalue weighted by atomic mass is 19.1. The fraction of sp³-hybridized carbons (Fsp3) is 0.179. The standard InChI is InChI=1S/C28H26FN5O2/c1-17-5-6-21(34-26(35)20-9-12-33-25(15-20)28(2,3)29)16-22(17)18-7-10-31-23(13-18)19-8-11-32-24(14-19)27(36)30-4/h5-16H,1-4H3,(H,30,36)(H,34,35). The van der Waals surface area contributed by atoms with Gasteiger partial charge in [0.15, 0.2) is 0 Å². The van der Waals surface area contributed by atoms with Crippen molar-refractivity contribution in [1.82, 2.24) is 20.3 Å². The fourth-order valence-electron chi connectivity index (χ4n) is 3.71. The van der Waals surface area contributed by atoms with E-state index >= 15 is 0 Å². The number of aromatic nitrogens is 3. The highest BCUT2D eigenvalue weighted by molar-refractivity contribution is 6.04. The van der Waals surface area contributed by atoms with Crippen molar-refractivity contribution < 1.29 is 14.0 Å². The second-order valence-corrected chi connectivity index (χ2v) is 8.82. The Balaban J connectivity index is 1.63. The summed E-state index contributed by atoms with van der Waals surface area (Å²) < 4.78 is 14.3. The predicted molar refractivity (Wildman–Crippen MR) is 137 cm³/mol. The zero-order chi connectivity index (χ0) is 25.9. The zero-order valence-corrected chi connectivity index (χ0v) is 20.5. The fourth-order valence-corrected chi connectivity index (χ4v) is 3.71. The maximum atomic E-state index is 14.3. The van der Waals surface area contributed by atoms with Gasteiger partial charge in [0.25, 0.3) is 11.8 Å². The Morgan fingerprint density at radius 2 is 1.56 bits per heavy atom. The van der Waals surface area contributed by atoms with Gasteiger partial charge in [-0.15, -0.1) is 0 Å². The average molecular weight is 484 g/mol. The van der Waals surface area contributed by atoms with Crippen molar-refractivity contribution in [2.24, 2.45) is 0 Å². The van der Waals surface area contributed by atoms with Gasteiger partial charge in [-0.2, -0.15) is 0 Å². The van der Waals surface area contributed by atoms with E-state index in [0.29, 0.717) is 22.6 Å². The van der Waals surface area contributed by atoms with E-state index in [9.17, 15) is 14.0 Å². The van der Waals surface area contributed by atoms with Crippen LogP contribution < -0.4 is 10.6 Å². The number of benzene rings is 1. The molecule has 0 bridgehead atoms. The Kier molecular flexibility index (Phi) is 6.87. The number of anilines is 1. The van der Waals surface area contributed by atoms with Gasteiger partial charge in [0.2, 0.25) is 0 Å². The van der Waals surface area contributed by atoms with E-state index in [1.165, 1.54) is 26.1 Å². The second-order valence-electron chi connectivity index (χ2n) is 8.82. The first-order valence-electron chi connectivity index (χ1n) is 11.4. The molecule has 1 aromatic carbocycles. The summed E-state index contributed by atoms with van der Waals surface area (Å²) in [5, 5.41) is 5.46. The number of amides is 2. The normalized spacial score (nSPS) is 11.1. The molecule has 0 spiro atoms. The summed E-state index contributed by atoms with van der Waals surface area (Å²) in [6, 6.07) is 15.9. The molecule has 3 aromatic heterocycles. The third kappa shape index (κ3) is 5.43. The average Bonchev–Trinajstić information content (AvgIpc) is 2.89. The molecule has 36 heavy (non-hydrogen) atoms. The Morgan fingerprint density at radius 3 is 2.31 bits per heavy atom. The summed E-state index contributed by atoms with van der Waals surface area (Å²) in [5.41, 5.74) is 4.04. The van der Waals surface area contributed by atoms with Crippen LogP contribution in [0, 0.1) is 6.92 Å². The molecule has 7 nitrogen and oxygen atoms in total. The van der Waals surface area contributed by atoms with Gasteiger partial charge in [0.1, 0.15) is 11.4 Å². The number of rotatable bonds is 6. The van der Waals surface area contributed by atoms with Gasteiger partial charge in [-0.1, -0.05) is 6.07 Å². The van der Waals surface area contributed by atoms with E-state index in [1.807, 2.05) is 37.3 Å². The minimum atomic E-state index is -1.65. The third-order valence-corrected chi connectivity index (χ3v) is 5.71. The molecule has 0 unspecified atom stereocenters. The summed E-state index contributed by atoms with van der Waals surface area (Å²) >= 11 is 0. The van der Waals surface area contributed by atoms with E-state index < -0.39 is 5.67 Å². The molecule has 2 amide bonds. The van der Waals surface area contributed by atoms with Crippen LogP contribution in [0.15, 0.2) is 73.2 Å². The van der Waals surface area contributed by atoms with Crippen LogP contribution >= 0.6 is 0 Å². The Hall–Kier alpha value is -4.46. The number of alkyl halides is 1. The van der Waals surface area contributed by atoms with Gasteiger partial charge in [0, 0.05) is 42.5 Å². The molecule has 0 atom stereocenters. The van der Waals surface area contributed by atoms with Crippen LogP contribution in [0.3, 0.4) is 0 Å². The first-order valence-corrected chi connectivity index (χ1v) is 11.4. The number of halogens is 1. The van der Waals surface area contributed by atoms with Crippen molar-refractivity contribution in [3.8, 4) is 22.4 Å².